The molecule has 2 aromatic heterocycles. The maximum absolute atomic E-state index is 12.4. The molecule has 2 heterocycles. The molecule has 7 nitrogen and oxygen atoms in total. The molecule has 0 aliphatic rings. The predicted molar refractivity (Wildman–Crippen MR) is 104 cm³/mol. The van der Waals surface area contributed by atoms with Crippen molar-refractivity contribution < 1.29 is 13.9 Å². The van der Waals surface area contributed by atoms with Crippen molar-refractivity contribution in [2.75, 3.05) is 7.11 Å². The van der Waals surface area contributed by atoms with E-state index in [-0.39, 0.29) is 11.2 Å². The van der Waals surface area contributed by atoms with Crippen LogP contribution in [0.2, 0.25) is 0 Å². The lowest BCUT2D eigenvalue weighted by Gasteiger charge is -2.12. The maximum atomic E-state index is 12.4. The first-order valence-corrected chi connectivity index (χ1v) is 9.54. The van der Waals surface area contributed by atoms with Crippen LogP contribution >= 0.6 is 11.8 Å². The van der Waals surface area contributed by atoms with E-state index >= 15 is 0 Å². The van der Waals surface area contributed by atoms with Crippen LogP contribution in [0.15, 0.2) is 52.2 Å². The maximum Gasteiger partial charge on any atom is 0.233 e. The molecule has 8 heteroatoms. The Morgan fingerprint density at radius 2 is 2.07 bits per heavy atom. The van der Waals surface area contributed by atoms with Gasteiger partial charge in [-0.15, -0.1) is 10.2 Å². The molecule has 0 saturated heterocycles. The summed E-state index contributed by atoms with van der Waals surface area (Å²) in [5.74, 6) is 2.06. The Kier molecular flexibility index (Phi) is 6.18. The summed E-state index contributed by atoms with van der Waals surface area (Å²) in [5.41, 5.74) is 1.01. The molecule has 1 aromatic carbocycles. The molecular weight excluding hydrogens is 364 g/mol. The van der Waals surface area contributed by atoms with Gasteiger partial charge < -0.3 is 14.5 Å². The average Bonchev–Trinajstić information content (AvgIpc) is 3.35. The van der Waals surface area contributed by atoms with Crippen LogP contribution in [-0.2, 0) is 17.9 Å². The number of methoxy groups -OCH3 is 1. The molecule has 1 amide bonds. The van der Waals surface area contributed by atoms with Crippen LogP contribution in [0.25, 0.3) is 11.6 Å². The molecule has 0 bridgehead atoms. The first-order chi connectivity index (χ1) is 13.1. The lowest BCUT2D eigenvalue weighted by atomic mass is 10.2. The van der Waals surface area contributed by atoms with E-state index in [0.717, 1.165) is 11.3 Å². The molecule has 0 radical (unpaired) electrons. The van der Waals surface area contributed by atoms with Crippen LogP contribution in [-0.4, -0.2) is 33.0 Å². The molecule has 1 N–H and O–H groups in total. The van der Waals surface area contributed by atoms with Crippen molar-refractivity contribution in [3.8, 4) is 17.3 Å². The van der Waals surface area contributed by atoms with Gasteiger partial charge in [-0.2, -0.15) is 0 Å². The fourth-order valence-corrected chi connectivity index (χ4v) is 3.47. The second kappa shape index (κ2) is 8.77. The van der Waals surface area contributed by atoms with Gasteiger partial charge >= 0.3 is 0 Å². The number of ether oxygens (including phenoxy) is 1. The number of nitrogens with zero attached hydrogens (tertiary/aromatic N) is 3. The quantitative estimate of drug-likeness (QED) is 0.598. The van der Waals surface area contributed by atoms with Crippen molar-refractivity contribution in [3.05, 3.63) is 48.2 Å². The minimum Gasteiger partial charge on any atom is -0.497 e. The number of furan rings is 1. The number of amides is 1. The molecule has 0 fully saturated rings. The number of hydrogen-bond acceptors (Lipinski definition) is 6. The third-order valence-corrected chi connectivity index (χ3v) is 5.13. The number of aromatic nitrogens is 3. The van der Waals surface area contributed by atoms with Crippen molar-refractivity contribution in [3.63, 3.8) is 0 Å². The van der Waals surface area contributed by atoms with Crippen LogP contribution in [0.3, 0.4) is 0 Å². The normalized spacial score (nSPS) is 12.0. The first-order valence-electron chi connectivity index (χ1n) is 8.66. The third-order valence-electron chi connectivity index (χ3n) is 4.05. The molecule has 1 atom stereocenters. The molecule has 142 valence electrons. The van der Waals surface area contributed by atoms with Crippen LogP contribution in [0.4, 0.5) is 0 Å². The lowest BCUT2D eigenvalue weighted by molar-refractivity contribution is -0.120. The Labute approximate surface area is 162 Å². The van der Waals surface area contributed by atoms with E-state index in [0.29, 0.717) is 29.8 Å². The Morgan fingerprint density at radius 3 is 2.70 bits per heavy atom. The zero-order chi connectivity index (χ0) is 19.2. The molecule has 27 heavy (non-hydrogen) atoms. The van der Waals surface area contributed by atoms with Gasteiger partial charge in [-0.1, -0.05) is 23.9 Å². The minimum atomic E-state index is -0.304. The van der Waals surface area contributed by atoms with Crippen molar-refractivity contribution in [2.45, 2.75) is 37.3 Å². The zero-order valence-electron chi connectivity index (χ0n) is 15.5. The van der Waals surface area contributed by atoms with Gasteiger partial charge in [0, 0.05) is 13.1 Å². The first kappa shape index (κ1) is 19.0. The number of carbonyl (C=O) groups excluding carboxylic acids is 1. The smallest absolute Gasteiger partial charge is 0.233 e. The van der Waals surface area contributed by atoms with Gasteiger partial charge in [0.25, 0.3) is 0 Å². The summed E-state index contributed by atoms with van der Waals surface area (Å²) in [6.45, 7) is 5.01. The highest BCUT2D eigenvalue weighted by Crippen LogP contribution is 2.27. The largest absolute Gasteiger partial charge is 0.497 e. The number of carbonyl (C=O) groups is 1. The molecule has 0 aliphatic carbocycles. The highest BCUT2D eigenvalue weighted by Gasteiger charge is 2.21. The van der Waals surface area contributed by atoms with E-state index in [2.05, 4.69) is 15.5 Å². The highest BCUT2D eigenvalue weighted by atomic mass is 32.2. The Balaban J connectivity index is 1.61. The summed E-state index contributed by atoms with van der Waals surface area (Å²) >= 11 is 1.38. The summed E-state index contributed by atoms with van der Waals surface area (Å²) in [7, 11) is 1.63. The second-order valence-electron chi connectivity index (χ2n) is 5.85. The molecule has 3 rings (SSSR count). The van der Waals surface area contributed by atoms with E-state index in [9.17, 15) is 4.79 Å². The fraction of sp³-hybridized carbons (Fsp3) is 0.316. The number of benzene rings is 1. The number of rotatable bonds is 8. The molecule has 3 aromatic rings. The van der Waals surface area contributed by atoms with Crippen molar-refractivity contribution in [2.24, 2.45) is 0 Å². The summed E-state index contributed by atoms with van der Waals surface area (Å²) in [4.78, 5) is 12.4. The van der Waals surface area contributed by atoms with Crippen molar-refractivity contribution in [1.29, 1.82) is 0 Å². The van der Waals surface area contributed by atoms with Gasteiger partial charge in [0.1, 0.15) is 5.75 Å². The monoisotopic (exact) mass is 386 g/mol. The van der Waals surface area contributed by atoms with Gasteiger partial charge in [0.2, 0.25) is 5.91 Å². The lowest BCUT2D eigenvalue weighted by Crippen LogP contribution is -2.30. The van der Waals surface area contributed by atoms with E-state index in [1.54, 1.807) is 13.4 Å². The third kappa shape index (κ3) is 4.51. The predicted octanol–water partition coefficient (Wildman–Crippen LogP) is 3.36. The minimum absolute atomic E-state index is 0.0546. The van der Waals surface area contributed by atoms with E-state index in [1.807, 2.05) is 54.8 Å². The Bertz CT molecular complexity index is 875. The number of thioether (sulfide) groups is 1. The zero-order valence-corrected chi connectivity index (χ0v) is 16.3. The molecule has 0 aliphatic heterocycles. The summed E-state index contributed by atoms with van der Waals surface area (Å²) in [5, 5.41) is 11.8. The summed E-state index contributed by atoms with van der Waals surface area (Å²) in [6.07, 6.45) is 1.60. The van der Waals surface area contributed by atoms with Gasteiger partial charge in [-0.25, -0.2) is 0 Å². The van der Waals surface area contributed by atoms with Gasteiger partial charge in [-0.3, -0.25) is 9.36 Å². The average molecular weight is 386 g/mol. The van der Waals surface area contributed by atoms with E-state index < -0.39 is 0 Å². The van der Waals surface area contributed by atoms with Crippen LogP contribution < -0.4 is 10.1 Å². The van der Waals surface area contributed by atoms with Crippen LogP contribution in [0.5, 0.6) is 5.75 Å². The number of hydrogen-bond donors (Lipinski definition) is 1. The highest BCUT2D eigenvalue weighted by molar-refractivity contribution is 8.00. The fourth-order valence-electron chi connectivity index (χ4n) is 2.54. The van der Waals surface area contributed by atoms with Gasteiger partial charge in [-0.05, 0) is 43.7 Å². The van der Waals surface area contributed by atoms with Crippen molar-refractivity contribution in [1.82, 2.24) is 20.1 Å². The SMILES string of the molecule is CCn1c(SC(C)C(=O)NCc2ccc(OC)cc2)nnc1-c1ccco1. The molecule has 0 saturated carbocycles. The van der Waals surface area contributed by atoms with Crippen LogP contribution in [0.1, 0.15) is 19.4 Å². The Morgan fingerprint density at radius 1 is 1.30 bits per heavy atom. The van der Waals surface area contributed by atoms with E-state index in [1.165, 1.54) is 11.8 Å². The molecular formula is C19H22N4O3S. The van der Waals surface area contributed by atoms with Gasteiger partial charge in [0.15, 0.2) is 16.7 Å². The van der Waals surface area contributed by atoms with E-state index in [4.69, 9.17) is 9.15 Å². The van der Waals surface area contributed by atoms with Crippen molar-refractivity contribution >= 4 is 17.7 Å². The van der Waals surface area contributed by atoms with Crippen LogP contribution in [0, 0.1) is 0 Å². The molecule has 1 unspecified atom stereocenters. The standard InChI is InChI=1S/C19H22N4O3S/c1-4-23-17(16-6-5-11-26-16)21-22-19(23)27-13(2)18(24)20-12-14-7-9-15(25-3)10-8-14/h5-11,13H,4,12H2,1-3H3,(H,20,24). The summed E-state index contributed by atoms with van der Waals surface area (Å²) in [6, 6.07) is 11.3. The Hall–Kier alpha value is -2.74. The summed E-state index contributed by atoms with van der Waals surface area (Å²) < 4.78 is 12.5. The number of nitrogens with one attached hydrogen (secondary N) is 1. The molecule has 0 spiro atoms. The van der Waals surface area contributed by atoms with Gasteiger partial charge in [0.05, 0.1) is 18.6 Å². The second-order valence-corrected chi connectivity index (χ2v) is 7.16. The topological polar surface area (TPSA) is 82.2 Å².